The molecule has 1 aromatic rings. The van der Waals surface area contributed by atoms with E-state index < -0.39 is 0 Å². The lowest BCUT2D eigenvalue weighted by atomic mass is 9.66. The van der Waals surface area contributed by atoms with Crippen molar-refractivity contribution in [1.29, 1.82) is 0 Å². The van der Waals surface area contributed by atoms with Crippen LogP contribution in [-0.2, 0) is 5.54 Å². The van der Waals surface area contributed by atoms with Crippen molar-refractivity contribution in [2.75, 3.05) is 0 Å². The van der Waals surface area contributed by atoms with Gasteiger partial charge in [-0.15, -0.1) is 0 Å². The molecule has 0 amide bonds. The minimum absolute atomic E-state index is 0.221. The lowest BCUT2D eigenvalue weighted by molar-refractivity contribution is 0.164. The third kappa shape index (κ3) is 1.65. The van der Waals surface area contributed by atoms with Crippen LogP contribution in [0.15, 0.2) is 18.2 Å². The Morgan fingerprint density at radius 3 is 2.50 bits per heavy atom. The first-order valence-electron chi connectivity index (χ1n) is 4.76. The highest BCUT2D eigenvalue weighted by atomic mass is 35.5. The van der Waals surface area contributed by atoms with Crippen LogP contribution in [0.25, 0.3) is 0 Å². The van der Waals surface area contributed by atoms with E-state index in [1.54, 1.807) is 6.07 Å². The highest BCUT2D eigenvalue weighted by Crippen LogP contribution is 2.45. The van der Waals surface area contributed by atoms with Gasteiger partial charge in [0.15, 0.2) is 0 Å². The smallest absolute Gasteiger partial charge is 0.0471 e. The molecule has 0 heterocycles. The topological polar surface area (TPSA) is 26.0 Å². The first-order chi connectivity index (χ1) is 6.51. The average Bonchev–Trinajstić information content (AvgIpc) is 2.00. The molecule has 14 heavy (non-hydrogen) atoms. The first kappa shape index (κ1) is 10.3. The van der Waals surface area contributed by atoms with Gasteiger partial charge in [-0.2, -0.15) is 0 Å². The zero-order chi connectivity index (χ0) is 10.3. The van der Waals surface area contributed by atoms with Gasteiger partial charge >= 0.3 is 0 Å². The Labute approximate surface area is 94.2 Å². The summed E-state index contributed by atoms with van der Waals surface area (Å²) in [7, 11) is 0. The Hall–Kier alpha value is -0.240. The third-order valence-electron chi connectivity index (χ3n) is 2.89. The Bertz CT molecular complexity index is 356. The van der Waals surface area contributed by atoms with Crippen molar-refractivity contribution in [1.82, 2.24) is 0 Å². The number of halogens is 2. The lowest BCUT2D eigenvalue weighted by Gasteiger charge is -2.44. The van der Waals surface area contributed by atoms with Crippen molar-refractivity contribution in [2.45, 2.75) is 25.3 Å². The fourth-order valence-electron chi connectivity index (χ4n) is 2.30. The predicted octanol–water partition coefficient (Wildman–Crippen LogP) is 3.58. The normalized spacial score (nSPS) is 31.3. The monoisotopic (exact) mass is 229 g/mol. The summed E-state index contributed by atoms with van der Waals surface area (Å²) >= 11 is 11.9. The van der Waals surface area contributed by atoms with Gasteiger partial charge in [0.2, 0.25) is 0 Å². The fraction of sp³-hybridized carbons (Fsp3) is 0.455. The van der Waals surface area contributed by atoms with Gasteiger partial charge < -0.3 is 5.73 Å². The molecule has 2 rings (SSSR count). The molecule has 1 aliphatic carbocycles. The summed E-state index contributed by atoms with van der Waals surface area (Å²) in [6.45, 7) is 2.20. The second-order valence-corrected chi connectivity index (χ2v) is 5.14. The summed E-state index contributed by atoms with van der Waals surface area (Å²) in [6, 6.07) is 5.55. The van der Waals surface area contributed by atoms with Crippen LogP contribution in [0.1, 0.15) is 25.3 Å². The van der Waals surface area contributed by atoms with E-state index in [1.165, 1.54) is 0 Å². The van der Waals surface area contributed by atoms with Crippen LogP contribution in [0.5, 0.6) is 0 Å². The SMILES string of the molecule is CC1CC(N)(c2ccc(Cl)cc2Cl)C1. The quantitative estimate of drug-likeness (QED) is 0.783. The molecular formula is C11H13Cl2N. The minimum atomic E-state index is -0.221. The van der Waals surface area contributed by atoms with Crippen molar-refractivity contribution in [3.8, 4) is 0 Å². The number of benzene rings is 1. The summed E-state index contributed by atoms with van der Waals surface area (Å²) in [6.07, 6.45) is 2.02. The van der Waals surface area contributed by atoms with Crippen molar-refractivity contribution in [3.63, 3.8) is 0 Å². The van der Waals surface area contributed by atoms with Gasteiger partial charge in [-0.3, -0.25) is 0 Å². The summed E-state index contributed by atoms with van der Waals surface area (Å²) in [4.78, 5) is 0. The maximum Gasteiger partial charge on any atom is 0.0471 e. The number of hydrogen-bond acceptors (Lipinski definition) is 1. The number of rotatable bonds is 1. The molecule has 0 radical (unpaired) electrons. The van der Waals surface area contributed by atoms with Gasteiger partial charge in [0.25, 0.3) is 0 Å². The average molecular weight is 230 g/mol. The van der Waals surface area contributed by atoms with E-state index in [4.69, 9.17) is 28.9 Å². The van der Waals surface area contributed by atoms with Crippen molar-refractivity contribution >= 4 is 23.2 Å². The van der Waals surface area contributed by atoms with Crippen LogP contribution in [0, 0.1) is 5.92 Å². The maximum absolute atomic E-state index is 6.24. The highest BCUT2D eigenvalue weighted by Gasteiger charge is 2.40. The summed E-state index contributed by atoms with van der Waals surface area (Å²) in [5.41, 5.74) is 7.05. The molecular weight excluding hydrogens is 217 g/mol. The molecule has 0 unspecified atom stereocenters. The molecule has 0 atom stereocenters. The molecule has 3 heteroatoms. The molecule has 0 saturated heterocycles. The van der Waals surface area contributed by atoms with Gasteiger partial charge in [-0.05, 0) is 36.5 Å². The van der Waals surface area contributed by atoms with Gasteiger partial charge in [0.1, 0.15) is 0 Å². The van der Waals surface area contributed by atoms with Crippen molar-refractivity contribution in [3.05, 3.63) is 33.8 Å². The van der Waals surface area contributed by atoms with Crippen LogP contribution in [0.3, 0.4) is 0 Å². The second-order valence-electron chi connectivity index (χ2n) is 4.29. The maximum atomic E-state index is 6.24. The molecule has 1 saturated carbocycles. The van der Waals surface area contributed by atoms with E-state index in [0.717, 1.165) is 18.4 Å². The molecule has 0 bridgehead atoms. The molecule has 76 valence electrons. The predicted molar refractivity (Wildman–Crippen MR) is 60.7 cm³/mol. The Morgan fingerprint density at radius 1 is 1.36 bits per heavy atom. The molecule has 1 fully saturated rings. The van der Waals surface area contributed by atoms with E-state index in [2.05, 4.69) is 6.92 Å². The van der Waals surface area contributed by atoms with Gasteiger partial charge in [0, 0.05) is 15.6 Å². The zero-order valence-electron chi connectivity index (χ0n) is 8.06. The Kier molecular flexibility index (Phi) is 2.50. The van der Waals surface area contributed by atoms with Gasteiger partial charge in [-0.25, -0.2) is 0 Å². The minimum Gasteiger partial charge on any atom is -0.321 e. The third-order valence-corrected chi connectivity index (χ3v) is 3.44. The molecule has 2 N–H and O–H groups in total. The number of hydrogen-bond donors (Lipinski definition) is 1. The van der Waals surface area contributed by atoms with Crippen LogP contribution >= 0.6 is 23.2 Å². The zero-order valence-corrected chi connectivity index (χ0v) is 9.57. The fourth-order valence-corrected chi connectivity index (χ4v) is 2.89. The largest absolute Gasteiger partial charge is 0.321 e. The van der Waals surface area contributed by atoms with Crippen LogP contribution in [0.4, 0.5) is 0 Å². The van der Waals surface area contributed by atoms with E-state index in [9.17, 15) is 0 Å². The van der Waals surface area contributed by atoms with Crippen LogP contribution < -0.4 is 5.73 Å². The highest BCUT2D eigenvalue weighted by molar-refractivity contribution is 6.35. The molecule has 0 aliphatic heterocycles. The molecule has 1 nitrogen and oxygen atoms in total. The van der Waals surface area contributed by atoms with Gasteiger partial charge in [-0.1, -0.05) is 36.2 Å². The number of nitrogens with two attached hydrogens (primary N) is 1. The summed E-state index contributed by atoms with van der Waals surface area (Å²) in [5, 5.41) is 1.35. The standard InChI is InChI=1S/C11H13Cl2N/c1-7-5-11(14,6-7)9-3-2-8(12)4-10(9)13/h2-4,7H,5-6,14H2,1H3. The first-order valence-corrected chi connectivity index (χ1v) is 5.51. The van der Waals surface area contributed by atoms with E-state index >= 15 is 0 Å². The molecule has 0 aromatic heterocycles. The molecule has 0 spiro atoms. The Balaban J connectivity index is 2.33. The van der Waals surface area contributed by atoms with E-state index in [0.29, 0.717) is 16.0 Å². The summed E-state index contributed by atoms with van der Waals surface area (Å²) < 4.78 is 0. The second kappa shape index (κ2) is 3.41. The molecule has 1 aliphatic rings. The van der Waals surface area contributed by atoms with Crippen molar-refractivity contribution < 1.29 is 0 Å². The van der Waals surface area contributed by atoms with Crippen LogP contribution in [0.2, 0.25) is 10.0 Å². The molecule has 1 aromatic carbocycles. The van der Waals surface area contributed by atoms with Crippen LogP contribution in [-0.4, -0.2) is 0 Å². The van der Waals surface area contributed by atoms with Gasteiger partial charge in [0.05, 0.1) is 0 Å². The Morgan fingerprint density at radius 2 is 2.00 bits per heavy atom. The van der Waals surface area contributed by atoms with E-state index in [1.807, 2.05) is 12.1 Å². The lowest BCUT2D eigenvalue weighted by Crippen LogP contribution is -2.48. The summed E-state index contributed by atoms with van der Waals surface area (Å²) in [5.74, 6) is 0.701. The van der Waals surface area contributed by atoms with Crippen molar-refractivity contribution in [2.24, 2.45) is 11.7 Å². The van der Waals surface area contributed by atoms with E-state index in [-0.39, 0.29) is 5.54 Å².